The Labute approximate surface area is 105 Å². The topological polar surface area (TPSA) is 55.8 Å². The number of benzene rings is 1. The first kappa shape index (κ1) is 14.3. The molecule has 0 radical (unpaired) electrons. The minimum absolute atomic E-state index is 0.00888. The molecule has 0 heterocycles. The summed E-state index contributed by atoms with van der Waals surface area (Å²) in [6.07, 6.45) is 0.386. The lowest BCUT2D eigenvalue weighted by Crippen LogP contribution is -2.03. The van der Waals surface area contributed by atoms with Crippen LogP contribution in [0.15, 0.2) is 12.1 Å². The third-order valence-corrected chi connectivity index (χ3v) is 2.83. The summed E-state index contributed by atoms with van der Waals surface area (Å²) < 4.78 is 23.9. The molecule has 1 aromatic rings. The molecule has 0 amide bonds. The van der Waals surface area contributed by atoms with Gasteiger partial charge in [0, 0.05) is 12.5 Å². The fraction of sp³-hybridized carbons (Fsp3) is 0.462. The van der Waals surface area contributed by atoms with E-state index in [1.807, 2.05) is 0 Å². The molecule has 1 N–H and O–H groups in total. The van der Waals surface area contributed by atoms with Crippen LogP contribution in [0, 0.1) is 5.82 Å². The van der Waals surface area contributed by atoms with Crippen LogP contribution in [-0.2, 0) is 4.79 Å². The number of hydrogen-bond donors (Lipinski definition) is 1. The minimum Gasteiger partial charge on any atom is -0.493 e. The van der Waals surface area contributed by atoms with Crippen LogP contribution in [0.3, 0.4) is 0 Å². The van der Waals surface area contributed by atoms with Crippen molar-refractivity contribution in [1.82, 2.24) is 0 Å². The van der Waals surface area contributed by atoms with Gasteiger partial charge >= 0.3 is 5.97 Å². The summed E-state index contributed by atoms with van der Waals surface area (Å²) >= 11 is 0. The molecule has 0 saturated carbocycles. The summed E-state index contributed by atoms with van der Waals surface area (Å²) in [7, 11) is 2.91. The average molecular weight is 256 g/mol. The van der Waals surface area contributed by atoms with Crippen molar-refractivity contribution in [2.24, 2.45) is 0 Å². The lowest BCUT2D eigenvalue weighted by Gasteiger charge is -2.15. The van der Waals surface area contributed by atoms with Gasteiger partial charge in [-0.25, -0.2) is 4.39 Å². The van der Waals surface area contributed by atoms with Crippen LogP contribution < -0.4 is 9.47 Å². The highest BCUT2D eigenvalue weighted by Crippen LogP contribution is 2.34. The number of carboxylic acid groups (broad SMARTS) is 1. The van der Waals surface area contributed by atoms with Crippen molar-refractivity contribution in [3.63, 3.8) is 0 Å². The molecule has 1 unspecified atom stereocenters. The number of hydrogen-bond acceptors (Lipinski definition) is 3. The van der Waals surface area contributed by atoms with E-state index in [0.717, 1.165) is 0 Å². The van der Waals surface area contributed by atoms with Gasteiger partial charge in [-0.3, -0.25) is 4.79 Å². The second-order valence-electron chi connectivity index (χ2n) is 4.06. The third kappa shape index (κ3) is 3.35. The zero-order valence-electron chi connectivity index (χ0n) is 10.7. The van der Waals surface area contributed by atoms with Crippen molar-refractivity contribution in [2.75, 3.05) is 14.2 Å². The molecule has 1 atom stereocenters. The van der Waals surface area contributed by atoms with Crippen molar-refractivity contribution >= 4 is 5.97 Å². The maximum absolute atomic E-state index is 13.8. The second kappa shape index (κ2) is 6.23. The molecule has 0 aliphatic carbocycles. The Bertz CT molecular complexity index is 431. The number of carbonyl (C=O) groups is 1. The van der Waals surface area contributed by atoms with E-state index in [2.05, 4.69) is 0 Å². The Morgan fingerprint density at radius 3 is 2.39 bits per heavy atom. The van der Waals surface area contributed by atoms with E-state index in [-0.39, 0.29) is 12.3 Å². The molecular formula is C13H17FO4. The zero-order valence-corrected chi connectivity index (χ0v) is 10.7. The Morgan fingerprint density at radius 1 is 1.33 bits per heavy atom. The number of halogens is 1. The highest BCUT2D eigenvalue weighted by molar-refractivity contribution is 5.66. The first-order chi connectivity index (χ1) is 8.49. The van der Waals surface area contributed by atoms with Crippen molar-refractivity contribution in [1.29, 1.82) is 0 Å². The lowest BCUT2D eigenvalue weighted by molar-refractivity contribution is -0.137. The standard InChI is InChI=1S/C13H17FO4/c1-8(4-5-13(15)16)9-6-11(17-2)12(18-3)7-10(9)14/h6-8H,4-5H2,1-3H3,(H,15,16). The number of rotatable bonds is 6. The Hall–Kier alpha value is -1.78. The SMILES string of the molecule is COc1cc(F)c(C(C)CCC(=O)O)cc1OC. The van der Waals surface area contributed by atoms with Crippen LogP contribution >= 0.6 is 0 Å². The van der Waals surface area contributed by atoms with E-state index in [0.29, 0.717) is 23.5 Å². The molecule has 100 valence electrons. The summed E-state index contributed by atoms with van der Waals surface area (Å²) in [5.74, 6) is -0.727. The normalized spacial score (nSPS) is 12.0. The molecule has 1 aromatic carbocycles. The van der Waals surface area contributed by atoms with Crippen molar-refractivity contribution in [2.45, 2.75) is 25.7 Å². The van der Waals surface area contributed by atoms with Gasteiger partial charge < -0.3 is 14.6 Å². The zero-order chi connectivity index (χ0) is 13.7. The van der Waals surface area contributed by atoms with Crippen LogP contribution in [0.4, 0.5) is 4.39 Å². The Balaban J connectivity index is 2.97. The molecular weight excluding hydrogens is 239 g/mol. The van der Waals surface area contributed by atoms with Crippen LogP contribution in [0.5, 0.6) is 11.5 Å². The predicted molar refractivity (Wildman–Crippen MR) is 64.8 cm³/mol. The van der Waals surface area contributed by atoms with Crippen LogP contribution in [-0.4, -0.2) is 25.3 Å². The first-order valence-corrected chi connectivity index (χ1v) is 5.62. The van der Waals surface area contributed by atoms with Gasteiger partial charge in [-0.1, -0.05) is 6.92 Å². The van der Waals surface area contributed by atoms with Crippen LogP contribution in [0.25, 0.3) is 0 Å². The summed E-state index contributed by atoms with van der Waals surface area (Å²) in [5.41, 5.74) is 0.439. The quantitative estimate of drug-likeness (QED) is 0.850. The monoisotopic (exact) mass is 256 g/mol. The van der Waals surface area contributed by atoms with Gasteiger partial charge in [0.1, 0.15) is 5.82 Å². The van der Waals surface area contributed by atoms with Gasteiger partial charge in [-0.15, -0.1) is 0 Å². The predicted octanol–water partition coefficient (Wildman–Crippen LogP) is 2.81. The maximum atomic E-state index is 13.8. The molecule has 0 spiro atoms. The van der Waals surface area contributed by atoms with Gasteiger partial charge in [0.05, 0.1) is 14.2 Å². The highest BCUT2D eigenvalue weighted by Gasteiger charge is 2.16. The van der Waals surface area contributed by atoms with Crippen molar-refractivity contribution in [3.05, 3.63) is 23.5 Å². The van der Waals surface area contributed by atoms with Gasteiger partial charge in [-0.2, -0.15) is 0 Å². The smallest absolute Gasteiger partial charge is 0.303 e. The van der Waals surface area contributed by atoms with Gasteiger partial charge in [0.15, 0.2) is 11.5 Å². The first-order valence-electron chi connectivity index (χ1n) is 5.62. The average Bonchev–Trinajstić information content (AvgIpc) is 2.35. The second-order valence-corrected chi connectivity index (χ2v) is 4.06. The number of aliphatic carboxylic acids is 1. The summed E-state index contributed by atoms with van der Waals surface area (Å²) in [6, 6.07) is 2.81. The Morgan fingerprint density at radius 2 is 1.89 bits per heavy atom. The summed E-state index contributed by atoms with van der Waals surface area (Å²) in [4.78, 5) is 10.5. The number of ether oxygens (including phenoxy) is 2. The molecule has 0 aliphatic heterocycles. The molecule has 5 heteroatoms. The highest BCUT2D eigenvalue weighted by atomic mass is 19.1. The van der Waals surface area contributed by atoms with Crippen LogP contribution in [0.2, 0.25) is 0 Å². The molecule has 0 bridgehead atoms. The molecule has 1 rings (SSSR count). The molecule has 0 aliphatic rings. The van der Waals surface area contributed by atoms with Gasteiger partial charge in [0.2, 0.25) is 0 Å². The van der Waals surface area contributed by atoms with Gasteiger partial charge in [-0.05, 0) is 24.0 Å². The number of carboxylic acids is 1. The van der Waals surface area contributed by atoms with Crippen molar-refractivity contribution < 1.29 is 23.8 Å². The van der Waals surface area contributed by atoms with E-state index in [9.17, 15) is 9.18 Å². The molecule has 18 heavy (non-hydrogen) atoms. The van der Waals surface area contributed by atoms with E-state index < -0.39 is 11.8 Å². The summed E-state index contributed by atoms with van der Waals surface area (Å²) in [6.45, 7) is 1.78. The number of methoxy groups -OCH3 is 2. The van der Waals surface area contributed by atoms with E-state index in [4.69, 9.17) is 14.6 Å². The van der Waals surface area contributed by atoms with E-state index in [1.54, 1.807) is 13.0 Å². The molecule has 0 aromatic heterocycles. The minimum atomic E-state index is -0.886. The largest absolute Gasteiger partial charge is 0.493 e. The van der Waals surface area contributed by atoms with Gasteiger partial charge in [0.25, 0.3) is 0 Å². The third-order valence-electron chi connectivity index (χ3n) is 2.83. The molecule has 0 saturated heterocycles. The van der Waals surface area contributed by atoms with Crippen molar-refractivity contribution in [3.8, 4) is 11.5 Å². The van der Waals surface area contributed by atoms with Crippen LogP contribution in [0.1, 0.15) is 31.2 Å². The summed E-state index contributed by atoms with van der Waals surface area (Å²) in [5, 5.41) is 8.62. The maximum Gasteiger partial charge on any atom is 0.303 e. The van der Waals surface area contributed by atoms with E-state index in [1.165, 1.54) is 20.3 Å². The lowest BCUT2D eigenvalue weighted by atomic mass is 9.95. The van der Waals surface area contributed by atoms with E-state index >= 15 is 0 Å². The molecule has 0 fully saturated rings. The fourth-order valence-electron chi connectivity index (χ4n) is 1.74. The fourth-order valence-corrected chi connectivity index (χ4v) is 1.74. The Kier molecular flexibility index (Phi) is 4.95. The molecule has 4 nitrogen and oxygen atoms in total.